The molecule has 0 amide bonds. The van der Waals surface area contributed by atoms with Gasteiger partial charge in [-0.3, -0.25) is 0 Å². The fraction of sp³-hybridized carbons (Fsp3) is 0.524. The number of aryl methyl sites for hydroxylation is 1. The van der Waals surface area contributed by atoms with Crippen molar-refractivity contribution in [3.63, 3.8) is 0 Å². The number of para-hydroxylation sites is 1. The number of hydrogen-bond donors (Lipinski definition) is 0. The monoisotopic (exact) mass is 352 g/mol. The van der Waals surface area contributed by atoms with Gasteiger partial charge in [0.15, 0.2) is 0 Å². The van der Waals surface area contributed by atoms with E-state index < -0.39 is 0 Å². The Morgan fingerprint density at radius 1 is 0.923 bits per heavy atom. The quantitative estimate of drug-likeness (QED) is 0.824. The zero-order valence-electron chi connectivity index (χ0n) is 15.7. The van der Waals surface area contributed by atoms with E-state index in [0.717, 1.165) is 63.9 Å². The van der Waals surface area contributed by atoms with Crippen LogP contribution in [0.25, 0.3) is 0 Å². The van der Waals surface area contributed by atoms with E-state index in [2.05, 4.69) is 47.1 Å². The fourth-order valence-electron chi connectivity index (χ4n) is 3.81. The van der Waals surface area contributed by atoms with Crippen molar-refractivity contribution in [2.24, 2.45) is 0 Å². The van der Waals surface area contributed by atoms with Crippen molar-refractivity contribution in [1.82, 2.24) is 9.97 Å². The molecule has 1 saturated heterocycles. The molecule has 2 aliphatic rings. The van der Waals surface area contributed by atoms with Crippen molar-refractivity contribution in [3.05, 3.63) is 41.6 Å². The van der Waals surface area contributed by atoms with Crippen molar-refractivity contribution in [2.45, 2.75) is 39.0 Å². The molecule has 0 atom stereocenters. The van der Waals surface area contributed by atoms with E-state index in [1.807, 2.05) is 0 Å². The Hall–Kier alpha value is -2.30. The number of aromatic nitrogens is 2. The van der Waals surface area contributed by atoms with Crippen LogP contribution in [0.2, 0.25) is 0 Å². The molecular formula is C21H28N4O. The molecule has 0 bridgehead atoms. The van der Waals surface area contributed by atoms with E-state index in [0.29, 0.717) is 0 Å². The molecule has 1 aliphatic carbocycles. The van der Waals surface area contributed by atoms with Crippen LogP contribution in [0.1, 0.15) is 37.4 Å². The third kappa shape index (κ3) is 3.62. The lowest BCUT2D eigenvalue weighted by atomic mass is 9.97. The smallest absolute Gasteiger partial charge is 0.229 e. The van der Waals surface area contributed by atoms with Gasteiger partial charge in [0.2, 0.25) is 11.8 Å². The number of ether oxygens (including phenoxy) is 1. The lowest BCUT2D eigenvalue weighted by Crippen LogP contribution is -2.47. The number of anilines is 2. The maximum atomic E-state index is 5.99. The SMILES string of the molecule is CCCOc1nc(N2CCN(c3ccccc3)CC2)nc2c1CCCC2. The van der Waals surface area contributed by atoms with Crippen LogP contribution < -0.4 is 14.5 Å². The van der Waals surface area contributed by atoms with Gasteiger partial charge in [-0.25, -0.2) is 4.98 Å². The average molecular weight is 352 g/mol. The molecule has 0 radical (unpaired) electrons. The topological polar surface area (TPSA) is 41.5 Å². The molecule has 5 heteroatoms. The van der Waals surface area contributed by atoms with E-state index in [1.54, 1.807) is 0 Å². The van der Waals surface area contributed by atoms with E-state index >= 15 is 0 Å². The minimum absolute atomic E-state index is 0.727. The van der Waals surface area contributed by atoms with Crippen molar-refractivity contribution >= 4 is 11.6 Å². The summed E-state index contributed by atoms with van der Waals surface area (Å²) >= 11 is 0. The van der Waals surface area contributed by atoms with Gasteiger partial charge in [-0.1, -0.05) is 25.1 Å². The van der Waals surface area contributed by atoms with Crippen LogP contribution in [0.5, 0.6) is 5.88 Å². The lowest BCUT2D eigenvalue weighted by Gasteiger charge is -2.36. The van der Waals surface area contributed by atoms with Gasteiger partial charge >= 0.3 is 0 Å². The van der Waals surface area contributed by atoms with Crippen molar-refractivity contribution < 1.29 is 4.74 Å². The molecule has 1 aromatic carbocycles. The molecule has 0 N–H and O–H groups in total. The van der Waals surface area contributed by atoms with Crippen LogP contribution in [0.3, 0.4) is 0 Å². The van der Waals surface area contributed by atoms with Crippen molar-refractivity contribution in [2.75, 3.05) is 42.6 Å². The normalized spacial score (nSPS) is 17.1. The first-order chi connectivity index (χ1) is 12.8. The number of fused-ring (bicyclic) bond motifs is 1. The lowest BCUT2D eigenvalue weighted by molar-refractivity contribution is 0.299. The summed E-state index contributed by atoms with van der Waals surface area (Å²) in [6.45, 7) is 6.75. The molecule has 0 saturated carbocycles. The molecule has 1 fully saturated rings. The number of nitrogens with zero attached hydrogens (tertiary/aromatic N) is 4. The summed E-state index contributed by atoms with van der Waals surface area (Å²) in [7, 11) is 0. The number of hydrogen-bond acceptors (Lipinski definition) is 5. The first-order valence-electron chi connectivity index (χ1n) is 9.92. The Morgan fingerprint density at radius 2 is 1.65 bits per heavy atom. The Morgan fingerprint density at radius 3 is 2.42 bits per heavy atom. The van der Waals surface area contributed by atoms with Gasteiger partial charge in [0, 0.05) is 37.4 Å². The molecule has 2 aromatic rings. The Balaban J connectivity index is 1.51. The molecule has 0 spiro atoms. The Kier molecular flexibility index (Phi) is 5.23. The maximum absolute atomic E-state index is 5.99. The molecule has 2 heterocycles. The third-order valence-corrected chi connectivity index (χ3v) is 5.26. The van der Waals surface area contributed by atoms with Crippen LogP contribution >= 0.6 is 0 Å². The highest BCUT2D eigenvalue weighted by molar-refractivity contribution is 5.49. The number of benzene rings is 1. The van der Waals surface area contributed by atoms with Gasteiger partial charge in [-0.2, -0.15) is 4.98 Å². The van der Waals surface area contributed by atoms with Crippen LogP contribution in [0.15, 0.2) is 30.3 Å². The standard InChI is InChI=1S/C21H28N4O/c1-2-16-26-20-18-10-6-7-11-19(18)22-21(23-20)25-14-12-24(13-15-25)17-8-4-3-5-9-17/h3-5,8-9H,2,6-7,10-16H2,1H3. The summed E-state index contributed by atoms with van der Waals surface area (Å²) in [5.74, 6) is 1.68. The second-order valence-electron chi connectivity index (χ2n) is 7.12. The summed E-state index contributed by atoms with van der Waals surface area (Å²) in [5, 5.41) is 0. The summed E-state index contributed by atoms with van der Waals surface area (Å²) in [6, 6.07) is 10.6. The van der Waals surface area contributed by atoms with E-state index in [-0.39, 0.29) is 0 Å². The summed E-state index contributed by atoms with van der Waals surface area (Å²) in [4.78, 5) is 14.5. The molecule has 0 unspecified atom stereocenters. The predicted octanol–water partition coefficient (Wildman–Crippen LogP) is 3.47. The molecule has 4 rings (SSSR count). The van der Waals surface area contributed by atoms with Gasteiger partial charge in [0.05, 0.1) is 12.3 Å². The van der Waals surface area contributed by atoms with Crippen molar-refractivity contribution in [3.8, 4) is 5.88 Å². The van der Waals surface area contributed by atoms with E-state index in [4.69, 9.17) is 14.7 Å². The van der Waals surface area contributed by atoms with Crippen LogP contribution in [-0.4, -0.2) is 42.8 Å². The molecule has 1 aromatic heterocycles. The Labute approximate surface area is 156 Å². The number of piperazine rings is 1. The van der Waals surface area contributed by atoms with Gasteiger partial charge in [-0.05, 0) is 44.2 Å². The van der Waals surface area contributed by atoms with Crippen LogP contribution in [0.4, 0.5) is 11.6 Å². The van der Waals surface area contributed by atoms with Crippen molar-refractivity contribution in [1.29, 1.82) is 0 Å². The highest BCUT2D eigenvalue weighted by Crippen LogP contribution is 2.30. The minimum atomic E-state index is 0.727. The average Bonchev–Trinajstić information content (AvgIpc) is 2.72. The molecule has 5 nitrogen and oxygen atoms in total. The minimum Gasteiger partial charge on any atom is -0.477 e. The number of rotatable bonds is 5. The van der Waals surface area contributed by atoms with Gasteiger partial charge in [0.25, 0.3) is 0 Å². The van der Waals surface area contributed by atoms with E-state index in [9.17, 15) is 0 Å². The Bertz CT molecular complexity index is 726. The molecule has 138 valence electrons. The van der Waals surface area contributed by atoms with Gasteiger partial charge in [-0.15, -0.1) is 0 Å². The second kappa shape index (κ2) is 7.94. The zero-order valence-corrected chi connectivity index (χ0v) is 15.7. The molecule has 26 heavy (non-hydrogen) atoms. The first kappa shape index (κ1) is 17.1. The maximum Gasteiger partial charge on any atom is 0.229 e. The predicted molar refractivity (Wildman–Crippen MR) is 105 cm³/mol. The molecular weight excluding hydrogens is 324 g/mol. The molecule has 1 aliphatic heterocycles. The van der Waals surface area contributed by atoms with Gasteiger partial charge in [0.1, 0.15) is 0 Å². The largest absolute Gasteiger partial charge is 0.477 e. The highest BCUT2D eigenvalue weighted by Gasteiger charge is 2.24. The summed E-state index contributed by atoms with van der Waals surface area (Å²) in [6.07, 6.45) is 5.55. The first-order valence-corrected chi connectivity index (χ1v) is 9.92. The van der Waals surface area contributed by atoms with Crippen LogP contribution in [0, 0.1) is 0 Å². The van der Waals surface area contributed by atoms with Gasteiger partial charge < -0.3 is 14.5 Å². The van der Waals surface area contributed by atoms with E-state index in [1.165, 1.54) is 29.8 Å². The second-order valence-corrected chi connectivity index (χ2v) is 7.12. The fourth-order valence-corrected chi connectivity index (χ4v) is 3.81. The third-order valence-electron chi connectivity index (χ3n) is 5.26. The highest BCUT2D eigenvalue weighted by atomic mass is 16.5. The zero-order chi connectivity index (χ0) is 17.8. The summed E-state index contributed by atoms with van der Waals surface area (Å²) < 4.78 is 5.99. The summed E-state index contributed by atoms with van der Waals surface area (Å²) in [5.41, 5.74) is 3.75. The van der Waals surface area contributed by atoms with Crippen LogP contribution in [-0.2, 0) is 12.8 Å².